The number of nitrogens with two attached hydrogens (primary N) is 1. The molecule has 1 aromatic carbocycles. The highest BCUT2D eigenvalue weighted by Gasteiger charge is 2.28. The van der Waals surface area contributed by atoms with E-state index in [0.717, 1.165) is 31.6 Å². The Labute approximate surface area is 133 Å². The van der Waals surface area contributed by atoms with Crippen LogP contribution in [0.3, 0.4) is 0 Å². The van der Waals surface area contributed by atoms with Crippen LogP contribution in [0.4, 0.5) is 0 Å². The largest absolute Gasteiger partial charge is 0.322 e. The molecule has 3 rings (SSSR count). The lowest BCUT2D eigenvalue weighted by Crippen LogP contribution is -2.37. The Hall–Kier alpha value is -1.45. The van der Waals surface area contributed by atoms with Crippen molar-refractivity contribution in [2.75, 3.05) is 13.1 Å². The second-order valence-corrected chi connectivity index (χ2v) is 7.16. The fraction of sp³-hybridized carbons (Fsp3) is 0.526. The predicted octanol–water partition coefficient (Wildman–Crippen LogP) is 3.42. The van der Waals surface area contributed by atoms with Gasteiger partial charge in [0.15, 0.2) is 0 Å². The molecule has 0 amide bonds. The van der Waals surface area contributed by atoms with Gasteiger partial charge in [-0.2, -0.15) is 0 Å². The molecule has 1 aliphatic heterocycles. The van der Waals surface area contributed by atoms with Crippen molar-refractivity contribution in [3.05, 3.63) is 40.1 Å². The summed E-state index contributed by atoms with van der Waals surface area (Å²) in [4.78, 5) is 7.52. The van der Waals surface area contributed by atoms with Gasteiger partial charge in [-0.25, -0.2) is 0 Å². The molecule has 2 aromatic rings. The summed E-state index contributed by atoms with van der Waals surface area (Å²) >= 11 is 0. The van der Waals surface area contributed by atoms with Gasteiger partial charge in [0, 0.05) is 36.1 Å². The summed E-state index contributed by atoms with van der Waals surface area (Å²) in [5.41, 5.74) is 13.8. The highest BCUT2D eigenvalue weighted by molar-refractivity contribution is 5.88. The van der Waals surface area contributed by atoms with Crippen LogP contribution >= 0.6 is 0 Å². The zero-order chi connectivity index (χ0) is 16.1. The molecule has 0 saturated carbocycles. The molecule has 1 aromatic heterocycles. The fourth-order valence-electron chi connectivity index (χ4n) is 3.61. The molecule has 0 bridgehead atoms. The van der Waals surface area contributed by atoms with Crippen molar-refractivity contribution < 1.29 is 0 Å². The van der Waals surface area contributed by atoms with E-state index in [9.17, 15) is 0 Å². The first-order chi connectivity index (χ1) is 10.3. The summed E-state index contributed by atoms with van der Waals surface area (Å²) in [6.45, 7) is 13.9. The molecule has 22 heavy (non-hydrogen) atoms. The second-order valence-electron chi connectivity index (χ2n) is 7.16. The van der Waals surface area contributed by atoms with Crippen LogP contribution in [0.1, 0.15) is 48.7 Å². The summed E-state index contributed by atoms with van der Waals surface area (Å²) < 4.78 is 0. The van der Waals surface area contributed by atoms with Gasteiger partial charge in [0.25, 0.3) is 0 Å². The lowest BCUT2D eigenvalue weighted by Gasteiger charge is -2.33. The molecule has 0 saturated heterocycles. The van der Waals surface area contributed by atoms with E-state index in [0.29, 0.717) is 0 Å². The third-order valence-corrected chi connectivity index (χ3v) is 5.01. The Balaban J connectivity index is 2.36. The number of nitrogens with zero attached hydrogens (tertiary/aromatic N) is 2. The molecule has 0 atom stereocenters. The van der Waals surface area contributed by atoms with E-state index < -0.39 is 0 Å². The topological polar surface area (TPSA) is 42.2 Å². The third-order valence-electron chi connectivity index (χ3n) is 5.01. The van der Waals surface area contributed by atoms with Gasteiger partial charge in [0.2, 0.25) is 0 Å². The molecule has 3 nitrogen and oxygen atoms in total. The van der Waals surface area contributed by atoms with Gasteiger partial charge < -0.3 is 5.73 Å². The van der Waals surface area contributed by atoms with E-state index in [2.05, 4.69) is 51.7 Å². The first-order valence-electron chi connectivity index (χ1n) is 8.26. The minimum absolute atomic E-state index is 0.357. The third kappa shape index (κ3) is 2.42. The maximum Gasteiger partial charge on any atom is 0.0740 e. The number of fused-ring (bicyclic) bond motifs is 2. The monoisotopic (exact) mass is 297 g/mol. The van der Waals surface area contributed by atoms with Crippen LogP contribution < -0.4 is 5.73 Å². The molecule has 2 N–H and O–H groups in total. The van der Waals surface area contributed by atoms with Crippen LogP contribution in [-0.4, -0.2) is 23.0 Å². The minimum atomic E-state index is -0.357. The summed E-state index contributed by atoms with van der Waals surface area (Å²) in [7, 11) is 0. The van der Waals surface area contributed by atoms with E-state index in [1.54, 1.807) is 0 Å². The first-order valence-corrected chi connectivity index (χ1v) is 8.26. The standard InChI is InChI=1S/C19H27N3/c1-6-22-10-9-16-15(11-22)17(19(4,5)20)14-8-7-12(2)13(3)18(14)21-16/h7-8H,6,9-11,20H2,1-5H3. The van der Waals surface area contributed by atoms with E-state index in [1.807, 2.05) is 0 Å². The smallest absolute Gasteiger partial charge is 0.0740 e. The molecule has 2 heterocycles. The van der Waals surface area contributed by atoms with Gasteiger partial charge in [0.05, 0.1) is 5.52 Å². The highest BCUT2D eigenvalue weighted by Crippen LogP contribution is 2.35. The molecule has 0 radical (unpaired) electrons. The Morgan fingerprint density at radius 1 is 1.27 bits per heavy atom. The number of aromatic nitrogens is 1. The van der Waals surface area contributed by atoms with Gasteiger partial charge in [-0.3, -0.25) is 9.88 Å². The van der Waals surface area contributed by atoms with Crippen LogP contribution in [-0.2, 0) is 18.5 Å². The normalized spacial score (nSPS) is 16.1. The highest BCUT2D eigenvalue weighted by atomic mass is 15.1. The van der Waals surface area contributed by atoms with Crippen molar-refractivity contribution >= 4 is 10.9 Å². The maximum atomic E-state index is 6.58. The van der Waals surface area contributed by atoms with Crippen LogP contribution in [0.25, 0.3) is 10.9 Å². The fourth-order valence-corrected chi connectivity index (χ4v) is 3.61. The van der Waals surface area contributed by atoms with E-state index in [4.69, 9.17) is 10.7 Å². The minimum Gasteiger partial charge on any atom is -0.322 e. The molecule has 0 fully saturated rings. The van der Waals surface area contributed by atoms with Gasteiger partial charge in [0.1, 0.15) is 0 Å². The summed E-state index contributed by atoms with van der Waals surface area (Å²) in [5, 5.41) is 1.23. The molecule has 0 aliphatic carbocycles. The van der Waals surface area contributed by atoms with Gasteiger partial charge in [-0.05, 0) is 56.5 Å². The Morgan fingerprint density at radius 3 is 2.64 bits per heavy atom. The van der Waals surface area contributed by atoms with Gasteiger partial charge in [-0.15, -0.1) is 0 Å². The maximum absolute atomic E-state index is 6.58. The molecule has 118 valence electrons. The van der Waals surface area contributed by atoms with Crippen molar-refractivity contribution in [2.24, 2.45) is 5.73 Å². The summed E-state index contributed by atoms with van der Waals surface area (Å²) in [6.07, 6.45) is 1.02. The Kier molecular flexibility index (Phi) is 3.74. The average molecular weight is 297 g/mol. The molecular formula is C19H27N3. The molecule has 0 spiro atoms. The quantitative estimate of drug-likeness (QED) is 0.923. The van der Waals surface area contributed by atoms with Gasteiger partial charge >= 0.3 is 0 Å². The average Bonchev–Trinajstić information content (AvgIpc) is 2.47. The van der Waals surface area contributed by atoms with Crippen molar-refractivity contribution in [3.8, 4) is 0 Å². The second kappa shape index (κ2) is 5.32. The van der Waals surface area contributed by atoms with Crippen molar-refractivity contribution in [1.29, 1.82) is 0 Å². The van der Waals surface area contributed by atoms with Crippen molar-refractivity contribution in [1.82, 2.24) is 9.88 Å². The summed E-state index contributed by atoms with van der Waals surface area (Å²) in [5.74, 6) is 0. The lowest BCUT2D eigenvalue weighted by atomic mass is 9.84. The Morgan fingerprint density at radius 2 is 2.00 bits per heavy atom. The van der Waals surface area contributed by atoms with Crippen LogP contribution in [0.2, 0.25) is 0 Å². The predicted molar refractivity (Wildman–Crippen MR) is 93.1 cm³/mol. The zero-order valence-electron chi connectivity index (χ0n) is 14.5. The number of likely N-dealkylation sites (N-methyl/N-ethyl adjacent to an activating group) is 1. The SMILES string of the molecule is CCN1CCc2nc3c(C)c(C)ccc3c(C(C)(C)N)c2C1. The zero-order valence-corrected chi connectivity index (χ0v) is 14.5. The van der Waals surface area contributed by atoms with E-state index in [-0.39, 0.29) is 5.54 Å². The van der Waals surface area contributed by atoms with Crippen LogP contribution in [0.5, 0.6) is 0 Å². The number of benzene rings is 1. The molecule has 0 unspecified atom stereocenters. The molecular weight excluding hydrogens is 270 g/mol. The molecule has 1 aliphatic rings. The lowest BCUT2D eigenvalue weighted by molar-refractivity contribution is 0.263. The van der Waals surface area contributed by atoms with E-state index >= 15 is 0 Å². The van der Waals surface area contributed by atoms with Crippen molar-refractivity contribution in [3.63, 3.8) is 0 Å². The first kappa shape index (κ1) is 15.4. The number of hydrogen-bond donors (Lipinski definition) is 1. The number of aryl methyl sites for hydroxylation is 2. The number of hydrogen-bond acceptors (Lipinski definition) is 3. The summed E-state index contributed by atoms with van der Waals surface area (Å²) in [6, 6.07) is 4.40. The number of pyridine rings is 1. The van der Waals surface area contributed by atoms with E-state index in [1.165, 1.54) is 33.3 Å². The Bertz CT molecular complexity index is 726. The number of rotatable bonds is 2. The van der Waals surface area contributed by atoms with Crippen LogP contribution in [0.15, 0.2) is 12.1 Å². The van der Waals surface area contributed by atoms with Crippen molar-refractivity contribution in [2.45, 2.75) is 53.1 Å². The van der Waals surface area contributed by atoms with Crippen LogP contribution in [0, 0.1) is 13.8 Å². The molecule has 3 heteroatoms. The van der Waals surface area contributed by atoms with Gasteiger partial charge in [-0.1, -0.05) is 19.1 Å².